The number of hydrogen-bond donors (Lipinski definition) is 9. The Morgan fingerprint density at radius 3 is 1.79 bits per heavy atom. The van der Waals surface area contributed by atoms with Crippen molar-refractivity contribution < 1.29 is 44.4 Å². The van der Waals surface area contributed by atoms with Gasteiger partial charge in [0.15, 0.2) is 6.04 Å². The minimum Gasteiger partial charge on any atom is -0.481 e. The Labute approximate surface area is 191 Å². The van der Waals surface area contributed by atoms with E-state index in [4.69, 9.17) is 21.7 Å². The maximum absolute atomic E-state index is 12.7. The quantitative estimate of drug-likeness (QED) is 0.0990. The van der Waals surface area contributed by atoms with E-state index in [9.17, 15) is 34.2 Å². The minimum atomic E-state index is -1.70. The van der Waals surface area contributed by atoms with Gasteiger partial charge in [0.05, 0.1) is 18.2 Å². The van der Waals surface area contributed by atoms with Crippen molar-refractivity contribution in [2.24, 2.45) is 11.5 Å². The summed E-state index contributed by atoms with van der Waals surface area (Å²) in [6, 6.07) is -5.73. The normalized spacial score (nSPS) is 16.4. The van der Waals surface area contributed by atoms with E-state index in [0.717, 1.165) is 13.8 Å². The third-order valence-electron chi connectivity index (χ3n) is 4.69. The Hall–Kier alpha value is -2.81. The van der Waals surface area contributed by atoms with E-state index in [0.29, 0.717) is 19.4 Å². The third kappa shape index (κ3) is 11.6. The average molecular weight is 478 g/mol. The fraction of sp³-hybridized carbons (Fsp3) is 0.737. The number of nitrogens with one attached hydrogen (secondary N) is 3. The SMILES string of the molecule is CC(O)C(NC(=O)C(NC(=O)C(CCC(=O)O)NC(=O)C(N)CCCCN)C(C)O)C(=O)O. The average Bonchev–Trinajstić information content (AvgIpc) is 2.71. The van der Waals surface area contributed by atoms with Crippen molar-refractivity contribution in [1.82, 2.24) is 16.0 Å². The zero-order valence-corrected chi connectivity index (χ0v) is 18.7. The Kier molecular flexibility index (Phi) is 13.8. The highest BCUT2D eigenvalue weighted by Gasteiger charge is 2.34. The van der Waals surface area contributed by atoms with Gasteiger partial charge in [-0.05, 0) is 39.7 Å². The standard InChI is InChI=1S/C19H35N5O9/c1-9(25)14(18(31)24-15(10(2)26)19(32)33)23-17(30)12(6-7-13(27)28)22-16(29)11(21)5-3-4-8-20/h9-12,14-15,25-26H,3-8,20-21H2,1-2H3,(H,22,29)(H,23,30)(H,24,31)(H,27,28)(H,32,33). The molecule has 0 aliphatic carbocycles. The topological polar surface area (TPSA) is 254 Å². The predicted octanol–water partition coefficient (Wildman–Crippen LogP) is -3.39. The van der Waals surface area contributed by atoms with Gasteiger partial charge in [-0.3, -0.25) is 19.2 Å². The number of nitrogens with two attached hydrogens (primary N) is 2. The summed E-state index contributed by atoms with van der Waals surface area (Å²) >= 11 is 0. The molecule has 190 valence electrons. The molecule has 0 aliphatic rings. The first-order chi connectivity index (χ1) is 15.3. The molecule has 14 heteroatoms. The maximum atomic E-state index is 12.7. The number of carboxylic acids is 2. The Balaban J connectivity index is 5.40. The number of rotatable bonds is 16. The van der Waals surface area contributed by atoms with Crippen LogP contribution in [0.3, 0.4) is 0 Å². The van der Waals surface area contributed by atoms with Crippen molar-refractivity contribution >= 4 is 29.7 Å². The summed E-state index contributed by atoms with van der Waals surface area (Å²) in [7, 11) is 0. The van der Waals surface area contributed by atoms with Crippen LogP contribution in [0.15, 0.2) is 0 Å². The molecule has 0 heterocycles. The van der Waals surface area contributed by atoms with Crippen LogP contribution in [-0.2, 0) is 24.0 Å². The van der Waals surface area contributed by atoms with Gasteiger partial charge in [0, 0.05) is 6.42 Å². The van der Waals surface area contributed by atoms with Crippen molar-refractivity contribution in [3.63, 3.8) is 0 Å². The number of amides is 3. The first kappa shape index (κ1) is 30.2. The van der Waals surface area contributed by atoms with Gasteiger partial charge >= 0.3 is 11.9 Å². The van der Waals surface area contributed by atoms with E-state index in [2.05, 4.69) is 10.6 Å². The second-order valence-corrected chi connectivity index (χ2v) is 7.68. The van der Waals surface area contributed by atoms with E-state index >= 15 is 0 Å². The molecule has 14 nitrogen and oxygen atoms in total. The summed E-state index contributed by atoms with van der Waals surface area (Å²) in [6.45, 7) is 2.70. The zero-order valence-electron chi connectivity index (χ0n) is 18.7. The van der Waals surface area contributed by atoms with E-state index < -0.39 is 72.5 Å². The van der Waals surface area contributed by atoms with Crippen molar-refractivity contribution in [3.8, 4) is 0 Å². The van der Waals surface area contributed by atoms with Crippen LogP contribution < -0.4 is 27.4 Å². The van der Waals surface area contributed by atoms with Crippen LogP contribution >= 0.6 is 0 Å². The largest absolute Gasteiger partial charge is 0.481 e. The molecule has 0 aromatic rings. The van der Waals surface area contributed by atoms with E-state index in [1.807, 2.05) is 5.32 Å². The first-order valence-electron chi connectivity index (χ1n) is 10.5. The maximum Gasteiger partial charge on any atom is 0.328 e. The van der Waals surface area contributed by atoms with E-state index in [1.165, 1.54) is 0 Å². The third-order valence-corrected chi connectivity index (χ3v) is 4.69. The van der Waals surface area contributed by atoms with E-state index in [-0.39, 0.29) is 12.8 Å². The van der Waals surface area contributed by atoms with Crippen LogP contribution in [0.4, 0.5) is 0 Å². The second kappa shape index (κ2) is 15.1. The zero-order chi connectivity index (χ0) is 25.7. The number of aliphatic carboxylic acids is 2. The monoisotopic (exact) mass is 477 g/mol. The second-order valence-electron chi connectivity index (χ2n) is 7.68. The molecular formula is C19H35N5O9. The smallest absolute Gasteiger partial charge is 0.328 e. The molecule has 11 N–H and O–H groups in total. The summed E-state index contributed by atoms with van der Waals surface area (Å²) < 4.78 is 0. The van der Waals surface area contributed by atoms with Crippen molar-refractivity contribution in [2.75, 3.05) is 6.54 Å². The lowest BCUT2D eigenvalue weighted by Gasteiger charge is -2.27. The molecule has 33 heavy (non-hydrogen) atoms. The molecule has 0 aliphatic heterocycles. The van der Waals surface area contributed by atoms with Gasteiger partial charge in [-0.25, -0.2) is 4.79 Å². The van der Waals surface area contributed by atoms with Crippen molar-refractivity contribution in [2.45, 2.75) is 82.3 Å². The number of carbonyl (C=O) groups is 5. The van der Waals surface area contributed by atoms with Crippen LogP contribution in [0, 0.1) is 0 Å². The highest BCUT2D eigenvalue weighted by Crippen LogP contribution is 2.05. The van der Waals surface area contributed by atoms with Crippen LogP contribution in [0.1, 0.15) is 46.0 Å². The molecule has 0 radical (unpaired) electrons. The first-order valence-corrected chi connectivity index (χ1v) is 10.5. The molecule has 0 fully saturated rings. The van der Waals surface area contributed by atoms with Crippen molar-refractivity contribution in [1.29, 1.82) is 0 Å². The fourth-order valence-electron chi connectivity index (χ4n) is 2.75. The van der Waals surface area contributed by atoms with Crippen LogP contribution in [0.5, 0.6) is 0 Å². The van der Waals surface area contributed by atoms with Gasteiger partial charge in [0.25, 0.3) is 0 Å². The van der Waals surface area contributed by atoms with Gasteiger partial charge in [-0.2, -0.15) is 0 Å². The van der Waals surface area contributed by atoms with E-state index in [1.54, 1.807) is 0 Å². The molecule has 0 saturated carbocycles. The number of aliphatic hydroxyl groups is 2. The molecule has 6 unspecified atom stereocenters. The fourth-order valence-corrected chi connectivity index (χ4v) is 2.75. The number of carbonyl (C=O) groups excluding carboxylic acids is 3. The Morgan fingerprint density at radius 1 is 0.788 bits per heavy atom. The summed E-state index contributed by atoms with van der Waals surface area (Å²) in [5.41, 5.74) is 11.2. The summed E-state index contributed by atoms with van der Waals surface area (Å²) in [4.78, 5) is 59.6. The lowest BCUT2D eigenvalue weighted by molar-refractivity contribution is -0.146. The summed E-state index contributed by atoms with van der Waals surface area (Å²) in [5.74, 6) is -5.57. The molecule has 0 bridgehead atoms. The molecule has 0 rings (SSSR count). The van der Waals surface area contributed by atoms with Gasteiger partial charge in [0.1, 0.15) is 12.1 Å². The highest BCUT2D eigenvalue weighted by molar-refractivity contribution is 5.94. The van der Waals surface area contributed by atoms with Crippen LogP contribution in [0.2, 0.25) is 0 Å². The summed E-state index contributed by atoms with van der Waals surface area (Å²) in [5, 5.41) is 44.0. The Morgan fingerprint density at radius 2 is 1.33 bits per heavy atom. The highest BCUT2D eigenvalue weighted by atomic mass is 16.4. The van der Waals surface area contributed by atoms with Gasteiger partial charge in [-0.1, -0.05) is 6.42 Å². The number of unbranched alkanes of at least 4 members (excludes halogenated alkanes) is 1. The van der Waals surface area contributed by atoms with Crippen molar-refractivity contribution in [3.05, 3.63) is 0 Å². The lowest BCUT2D eigenvalue weighted by atomic mass is 10.1. The number of carboxylic acid groups (broad SMARTS) is 2. The van der Waals surface area contributed by atoms with Gasteiger partial charge in [0.2, 0.25) is 17.7 Å². The Bertz CT molecular complexity index is 687. The number of aliphatic hydroxyl groups excluding tert-OH is 2. The molecular weight excluding hydrogens is 442 g/mol. The van der Waals surface area contributed by atoms with Crippen LogP contribution in [0.25, 0.3) is 0 Å². The summed E-state index contributed by atoms with van der Waals surface area (Å²) in [6.07, 6.45) is -2.30. The molecule has 0 saturated heterocycles. The molecule has 0 spiro atoms. The predicted molar refractivity (Wildman–Crippen MR) is 115 cm³/mol. The molecule has 6 atom stereocenters. The van der Waals surface area contributed by atoms with Crippen LogP contribution in [-0.4, -0.2) is 93.0 Å². The lowest BCUT2D eigenvalue weighted by Crippen LogP contribution is -2.60. The molecule has 3 amide bonds. The van der Waals surface area contributed by atoms with Gasteiger partial charge < -0.3 is 47.8 Å². The minimum absolute atomic E-state index is 0.283. The molecule has 0 aromatic carbocycles. The van der Waals surface area contributed by atoms with Gasteiger partial charge in [-0.15, -0.1) is 0 Å². The number of hydrogen-bond acceptors (Lipinski definition) is 9. The molecule has 0 aromatic heterocycles.